The Morgan fingerprint density at radius 2 is 1.79 bits per heavy atom. The lowest BCUT2D eigenvalue weighted by molar-refractivity contribution is -0.129. The molecule has 152 valence electrons. The predicted molar refractivity (Wildman–Crippen MR) is 102 cm³/mol. The quantitative estimate of drug-likeness (QED) is 0.638. The molecule has 9 heteroatoms. The van der Waals surface area contributed by atoms with Crippen molar-refractivity contribution in [3.8, 4) is 0 Å². The van der Waals surface area contributed by atoms with Crippen molar-refractivity contribution in [3.63, 3.8) is 0 Å². The van der Waals surface area contributed by atoms with Crippen LogP contribution in [0.15, 0.2) is 52.0 Å². The zero-order valence-electron chi connectivity index (χ0n) is 16.0. The molecule has 0 saturated heterocycles. The number of hydrogen-bond acceptors (Lipinski definition) is 6. The van der Waals surface area contributed by atoms with Crippen LogP contribution in [0.4, 0.5) is 0 Å². The number of nitrogens with one attached hydrogen (secondary N) is 1. The standard InChI is InChI=1S/C19H24N2O6S/c1-4-21(5-2)28(24,25)17-10-8-15(9-11-17)19(23)27-14(3)18(22)20-13-16-7-6-12-26-16/h6-12,14H,4-5,13H2,1-3H3,(H,20,22)/t14-/m0/s1. The van der Waals surface area contributed by atoms with Crippen LogP contribution in [0, 0.1) is 0 Å². The SMILES string of the molecule is CCN(CC)S(=O)(=O)c1ccc(C(=O)O[C@@H](C)C(=O)NCc2ccco2)cc1. The number of ether oxygens (including phenoxy) is 1. The van der Waals surface area contributed by atoms with Gasteiger partial charge in [-0.1, -0.05) is 13.8 Å². The van der Waals surface area contributed by atoms with Gasteiger partial charge in [0.1, 0.15) is 5.76 Å². The van der Waals surface area contributed by atoms with Crippen molar-refractivity contribution in [1.29, 1.82) is 0 Å². The third-order valence-electron chi connectivity index (χ3n) is 4.10. The van der Waals surface area contributed by atoms with E-state index in [-0.39, 0.29) is 17.0 Å². The molecule has 0 radical (unpaired) electrons. The molecule has 0 bridgehead atoms. The van der Waals surface area contributed by atoms with Gasteiger partial charge in [-0.05, 0) is 43.3 Å². The smallest absolute Gasteiger partial charge is 0.338 e. The van der Waals surface area contributed by atoms with Crippen LogP contribution in [0.3, 0.4) is 0 Å². The van der Waals surface area contributed by atoms with E-state index < -0.39 is 28.0 Å². The highest BCUT2D eigenvalue weighted by atomic mass is 32.2. The average Bonchev–Trinajstić information content (AvgIpc) is 3.20. The lowest BCUT2D eigenvalue weighted by Crippen LogP contribution is -2.35. The first-order valence-corrected chi connectivity index (χ1v) is 10.3. The van der Waals surface area contributed by atoms with E-state index in [0.717, 1.165) is 0 Å². The van der Waals surface area contributed by atoms with Crippen molar-refractivity contribution in [2.45, 2.75) is 38.3 Å². The molecule has 1 heterocycles. The van der Waals surface area contributed by atoms with Crippen LogP contribution < -0.4 is 5.32 Å². The summed E-state index contributed by atoms with van der Waals surface area (Å²) in [5, 5.41) is 2.60. The molecule has 2 aromatic rings. The summed E-state index contributed by atoms with van der Waals surface area (Å²) in [5.74, 6) is -0.602. The monoisotopic (exact) mass is 408 g/mol. The van der Waals surface area contributed by atoms with Crippen LogP contribution in [0.1, 0.15) is 36.9 Å². The Hall–Kier alpha value is -2.65. The first-order chi connectivity index (χ1) is 13.3. The van der Waals surface area contributed by atoms with Crippen molar-refractivity contribution >= 4 is 21.9 Å². The Kier molecular flexibility index (Phi) is 7.36. The zero-order chi connectivity index (χ0) is 20.7. The van der Waals surface area contributed by atoms with E-state index in [1.165, 1.54) is 41.8 Å². The summed E-state index contributed by atoms with van der Waals surface area (Å²) in [6, 6.07) is 8.86. The Bertz CT molecular complexity index is 887. The Morgan fingerprint density at radius 3 is 2.32 bits per heavy atom. The minimum atomic E-state index is -3.60. The van der Waals surface area contributed by atoms with Gasteiger partial charge < -0.3 is 14.5 Å². The molecule has 8 nitrogen and oxygen atoms in total. The summed E-state index contributed by atoms with van der Waals surface area (Å²) in [6.45, 7) is 5.86. The number of rotatable bonds is 9. The van der Waals surface area contributed by atoms with Gasteiger partial charge >= 0.3 is 5.97 Å². The molecule has 0 aliphatic carbocycles. The van der Waals surface area contributed by atoms with E-state index in [1.54, 1.807) is 26.0 Å². The Labute approximate surface area is 164 Å². The van der Waals surface area contributed by atoms with Crippen LogP contribution >= 0.6 is 0 Å². The van der Waals surface area contributed by atoms with Crippen LogP contribution in [0.25, 0.3) is 0 Å². The molecule has 28 heavy (non-hydrogen) atoms. The molecule has 1 atom stereocenters. The summed E-state index contributed by atoms with van der Waals surface area (Å²) in [7, 11) is -3.60. The zero-order valence-corrected chi connectivity index (χ0v) is 16.9. The van der Waals surface area contributed by atoms with Crippen molar-refractivity contribution in [2.24, 2.45) is 0 Å². The third kappa shape index (κ3) is 5.20. The number of benzene rings is 1. The fraction of sp³-hybridized carbons (Fsp3) is 0.368. The highest BCUT2D eigenvalue weighted by Gasteiger charge is 2.23. The molecular formula is C19H24N2O6S. The van der Waals surface area contributed by atoms with Gasteiger partial charge in [-0.15, -0.1) is 0 Å². The third-order valence-corrected chi connectivity index (χ3v) is 6.17. The highest BCUT2D eigenvalue weighted by molar-refractivity contribution is 7.89. The number of nitrogens with zero attached hydrogens (tertiary/aromatic N) is 1. The summed E-state index contributed by atoms with van der Waals surface area (Å²) in [5.41, 5.74) is 0.157. The average molecular weight is 408 g/mol. The molecule has 0 saturated carbocycles. The summed E-state index contributed by atoms with van der Waals surface area (Å²) < 4.78 is 36.5. The molecule has 0 unspecified atom stereocenters. The van der Waals surface area contributed by atoms with E-state index in [9.17, 15) is 18.0 Å². The predicted octanol–water partition coefficient (Wildman–Crippen LogP) is 2.17. The first-order valence-electron chi connectivity index (χ1n) is 8.90. The second kappa shape index (κ2) is 9.52. The molecule has 1 N–H and O–H groups in total. The number of sulfonamides is 1. The van der Waals surface area contributed by atoms with Gasteiger partial charge in [-0.25, -0.2) is 13.2 Å². The van der Waals surface area contributed by atoms with E-state index >= 15 is 0 Å². The lowest BCUT2D eigenvalue weighted by Gasteiger charge is -2.18. The lowest BCUT2D eigenvalue weighted by atomic mass is 10.2. The van der Waals surface area contributed by atoms with Crippen LogP contribution in [-0.2, 0) is 26.1 Å². The number of hydrogen-bond donors (Lipinski definition) is 1. The van der Waals surface area contributed by atoms with Gasteiger partial charge in [0.25, 0.3) is 5.91 Å². The maximum atomic E-state index is 12.5. The van der Waals surface area contributed by atoms with E-state index in [2.05, 4.69) is 5.32 Å². The van der Waals surface area contributed by atoms with Gasteiger partial charge in [0.15, 0.2) is 6.10 Å². The van der Waals surface area contributed by atoms with Crippen molar-refractivity contribution in [2.75, 3.05) is 13.1 Å². The molecule has 0 fully saturated rings. The van der Waals surface area contributed by atoms with Crippen molar-refractivity contribution in [3.05, 3.63) is 54.0 Å². The van der Waals surface area contributed by atoms with Gasteiger partial charge in [-0.2, -0.15) is 4.31 Å². The van der Waals surface area contributed by atoms with Crippen molar-refractivity contribution in [1.82, 2.24) is 9.62 Å². The minimum Gasteiger partial charge on any atom is -0.467 e. The van der Waals surface area contributed by atoms with Gasteiger partial charge in [0, 0.05) is 13.1 Å². The molecule has 1 amide bonds. The van der Waals surface area contributed by atoms with Gasteiger partial charge in [0.05, 0.1) is 23.3 Å². The van der Waals surface area contributed by atoms with Gasteiger partial charge in [-0.3, -0.25) is 4.79 Å². The highest BCUT2D eigenvalue weighted by Crippen LogP contribution is 2.17. The number of carbonyl (C=O) groups is 2. The summed E-state index contributed by atoms with van der Waals surface area (Å²) in [6.07, 6.45) is 0.483. The number of esters is 1. The fourth-order valence-electron chi connectivity index (χ4n) is 2.49. The summed E-state index contributed by atoms with van der Waals surface area (Å²) in [4.78, 5) is 24.3. The van der Waals surface area contributed by atoms with Crippen LogP contribution in [0.2, 0.25) is 0 Å². The molecule has 2 rings (SSSR count). The molecule has 0 aliphatic heterocycles. The number of furan rings is 1. The second-order valence-electron chi connectivity index (χ2n) is 5.96. The van der Waals surface area contributed by atoms with Crippen molar-refractivity contribution < 1.29 is 27.2 Å². The Balaban J connectivity index is 1.97. The molecule has 0 spiro atoms. The maximum absolute atomic E-state index is 12.5. The largest absolute Gasteiger partial charge is 0.467 e. The molecule has 1 aromatic carbocycles. The number of carbonyl (C=O) groups excluding carboxylic acids is 2. The van der Waals surface area contributed by atoms with E-state index in [1.807, 2.05) is 0 Å². The molecule has 0 aliphatic rings. The maximum Gasteiger partial charge on any atom is 0.338 e. The fourth-order valence-corrected chi connectivity index (χ4v) is 3.95. The normalized spacial score (nSPS) is 12.6. The molecule has 1 aromatic heterocycles. The molecular weight excluding hydrogens is 384 g/mol. The first kappa shape index (κ1) is 21.6. The number of amides is 1. The summed E-state index contributed by atoms with van der Waals surface area (Å²) >= 11 is 0. The van der Waals surface area contributed by atoms with E-state index in [0.29, 0.717) is 18.8 Å². The second-order valence-corrected chi connectivity index (χ2v) is 7.90. The van der Waals surface area contributed by atoms with Crippen LogP contribution in [-0.4, -0.2) is 43.8 Å². The minimum absolute atomic E-state index is 0.0944. The topological polar surface area (TPSA) is 106 Å². The van der Waals surface area contributed by atoms with E-state index in [4.69, 9.17) is 9.15 Å². The Morgan fingerprint density at radius 1 is 1.14 bits per heavy atom. The van der Waals surface area contributed by atoms with Gasteiger partial charge in [0.2, 0.25) is 10.0 Å². The van der Waals surface area contributed by atoms with Crippen LogP contribution in [0.5, 0.6) is 0 Å².